The van der Waals surface area contributed by atoms with E-state index in [0.29, 0.717) is 12.5 Å². The van der Waals surface area contributed by atoms with Crippen molar-refractivity contribution in [2.24, 2.45) is 12.0 Å². The fourth-order valence-corrected chi connectivity index (χ4v) is 1.98. The lowest BCUT2D eigenvalue weighted by molar-refractivity contribution is -0.142. The number of hydrogen-bond donors (Lipinski definition) is 2. The van der Waals surface area contributed by atoms with Crippen LogP contribution in [-0.4, -0.2) is 28.8 Å². The van der Waals surface area contributed by atoms with Gasteiger partial charge in [-0.3, -0.25) is 4.68 Å². The molecule has 0 aromatic carbocycles. The summed E-state index contributed by atoms with van der Waals surface area (Å²) in [6.45, 7) is 5.36. The zero-order valence-corrected chi connectivity index (χ0v) is 16.0. The van der Waals surface area contributed by atoms with E-state index < -0.39 is 11.9 Å². The summed E-state index contributed by atoms with van der Waals surface area (Å²) >= 11 is 0. The summed E-state index contributed by atoms with van der Waals surface area (Å²) in [5.74, 6) is 0.524. The van der Waals surface area contributed by atoms with Crippen molar-refractivity contribution in [2.45, 2.75) is 45.8 Å². The van der Waals surface area contributed by atoms with Crippen LogP contribution >= 0.6 is 24.0 Å². The zero-order valence-electron chi connectivity index (χ0n) is 13.7. The maximum absolute atomic E-state index is 12.9. The lowest BCUT2D eigenvalue weighted by atomic mass is 10.2. The van der Waals surface area contributed by atoms with Gasteiger partial charge in [-0.2, -0.15) is 18.3 Å². The molecule has 1 heterocycles. The molecule has 0 saturated carbocycles. The van der Waals surface area contributed by atoms with Crippen LogP contribution in [0.25, 0.3) is 0 Å². The third kappa shape index (κ3) is 7.89. The number of halogens is 4. The number of unbranched alkanes of at least 4 members (excludes halogenated alkanes) is 2. The second kappa shape index (κ2) is 10.7. The predicted molar refractivity (Wildman–Crippen MR) is 96.0 cm³/mol. The van der Waals surface area contributed by atoms with E-state index in [2.05, 4.69) is 27.6 Å². The van der Waals surface area contributed by atoms with Gasteiger partial charge in [0.15, 0.2) is 11.7 Å². The first-order valence-electron chi connectivity index (χ1n) is 7.50. The van der Waals surface area contributed by atoms with Crippen LogP contribution in [0.3, 0.4) is 0 Å². The quantitative estimate of drug-likeness (QED) is 0.292. The summed E-state index contributed by atoms with van der Waals surface area (Å²) in [4.78, 5) is 4.21. The highest BCUT2D eigenvalue weighted by Gasteiger charge is 2.36. The van der Waals surface area contributed by atoms with Crippen molar-refractivity contribution < 1.29 is 13.2 Å². The van der Waals surface area contributed by atoms with Crippen LogP contribution in [0.4, 0.5) is 13.2 Å². The van der Waals surface area contributed by atoms with Crippen molar-refractivity contribution in [2.75, 3.05) is 13.1 Å². The molecule has 1 aromatic heterocycles. The number of nitrogens with one attached hydrogen (secondary N) is 2. The maximum Gasteiger partial charge on any atom is 0.435 e. The summed E-state index contributed by atoms with van der Waals surface area (Å²) in [7, 11) is 1.47. The van der Waals surface area contributed by atoms with Crippen molar-refractivity contribution in [3.63, 3.8) is 0 Å². The van der Waals surface area contributed by atoms with Crippen molar-refractivity contribution >= 4 is 29.9 Å². The Bertz CT molecular complexity index is 485. The monoisotopic (exact) mass is 447 g/mol. The molecule has 0 aliphatic heterocycles. The number of aryl methyl sites for hydroxylation is 1. The van der Waals surface area contributed by atoms with E-state index in [0.717, 1.165) is 30.5 Å². The zero-order chi connectivity index (χ0) is 16.6. The Morgan fingerprint density at radius 2 is 1.96 bits per heavy atom. The predicted octanol–water partition coefficient (Wildman–Crippen LogP) is 3.30. The van der Waals surface area contributed by atoms with Gasteiger partial charge in [-0.25, -0.2) is 4.99 Å². The number of hydrogen-bond acceptors (Lipinski definition) is 2. The minimum Gasteiger partial charge on any atom is -0.357 e. The summed E-state index contributed by atoms with van der Waals surface area (Å²) in [5.41, 5.74) is -0.804. The van der Waals surface area contributed by atoms with E-state index in [1.54, 1.807) is 0 Å². The molecule has 0 spiro atoms. The van der Waals surface area contributed by atoms with Gasteiger partial charge < -0.3 is 10.6 Å². The number of guanidine groups is 1. The molecule has 0 radical (unpaired) electrons. The summed E-state index contributed by atoms with van der Waals surface area (Å²) in [6, 6.07) is 0. The number of alkyl halides is 3. The molecule has 0 bridgehead atoms. The fraction of sp³-hybridized carbons (Fsp3) is 0.714. The normalized spacial score (nSPS) is 12.0. The van der Waals surface area contributed by atoms with Crippen molar-refractivity contribution in [1.29, 1.82) is 0 Å². The molecule has 0 fully saturated rings. The van der Waals surface area contributed by atoms with E-state index in [4.69, 9.17) is 0 Å². The number of aromatic nitrogens is 2. The number of rotatable bonds is 7. The number of nitrogens with zero attached hydrogens (tertiary/aromatic N) is 3. The summed E-state index contributed by atoms with van der Waals surface area (Å²) in [5, 5.41) is 9.62. The molecule has 0 aliphatic rings. The Balaban J connectivity index is 0.00000484. The van der Waals surface area contributed by atoms with Crippen molar-refractivity contribution in [1.82, 2.24) is 20.4 Å². The topological polar surface area (TPSA) is 54.2 Å². The van der Waals surface area contributed by atoms with E-state index in [9.17, 15) is 13.2 Å². The fourth-order valence-electron chi connectivity index (χ4n) is 1.98. The molecule has 9 heteroatoms. The first kappa shape index (κ1) is 22.0. The molecule has 0 unspecified atom stereocenters. The minimum atomic E-state index is -4.46. The first-order valence-corrected chi connectivity index (χ1v) is 7.50. The second-order valence-corrected chi connectivity index (χ2v) is 5.00. The van der Waals surface area contributed by atoms with Crippen LogP contribution in [0.5, 0.6) is 0 Å². The Kier molecular flexibility index (Phi) is 10.2. The Labute approximate surface area is 152 Å². The molecule has 0 saturated heterocycles. The van der Waals surface area contributed by atoms with E-state index >= 15 is 0 Å². The molecule has 1 aromatic rings. The van der Waals surface area contributed by atoms with Crippen molar-refractivity contribution in [3.8, 4) is 0 Å². The first-order chi connectivity index (χ1) is 10.4. The Morgan fingerprint density at radius 3 is 2.52 bits per heavy atom. The van der Waals surface area contributed by atoms with Gasteiger partial charge >= 0.3 is 6.18 Å². The third-order valence-electron chi connectivity index (χ3n) is 3.00. The highest BCUT2D eigenvalue weighted by Crippen LogP contribution is 2.30. The van der Waals surface area contributed by atoms with Gasteiger partial charge in [0.25, 0.3) is 0 Å². The molecule has 23 heavy (non-hydrogen) atoms. The van der Waals surface area contributed by atoms with Crippen LogP contribution in [-0.2, 0) is 19.8 Å². The van der Waals surface area contributed by atoms with Crippen LogP contribution in [0.15, 0.2) is 11.2 Å². The van der Waals surface area contributed by atoms with Crippen molar-refractivity contribution in [3.05, 3.63) is 17.5 Å². The minimum absolute atomic E-state index is 0. The lowest BCUT2D eigenvalue weighted by Crippen LogP contribution is -2.37. The third-order valence-corrected chi connectivity index (χ3v) is 3.00. The molecule has 2 N–H and O–H groups in total. The van der Waals surface area contributed by atoms with Gasteiger partial charge in [-0.15, -0.1) is 24.0 Å². The standard InChI is InChI=1S/C14H24F3N5.HI/c1-4-6-7-8-19-13(18-5-2)20-9-11-10-22(3)21-12(11)14(15,16)17;/h10H,4-9H2,1-3H3,(H2,18,19,20);1H. The molecule has 0 amide bonds. The molecule has 0 aliphatic carbocycles. The summed E-state index contributed by atoms with van der Waals surface area (Å²) in [6.07, 6.45) is 0.112. The van der Waals surface area contributed by atoms with Gasteiger partial charge in [0.05, 0.1) is 6.54 Å². The van der Waals surface area contributed by atoms with Crippen LogP contribution in [0.1, 0.15) is 44.4 Å². The van der Waals surface area contributed by atoms with Gasteiger partial charge in [0.2, 0.25) is 0 Å². The average molecular weight is 447 g/mol. The molecular formula is C14H25F3IN5. The second-order valence-electron chi connectivity index (χ2n) is 5.00. The van der Waals surface area contributed by atoms with E-state index in [1.165, 1.54) is 13.2 Å². The van der Waals surface area contributed by atoms with Gasteiger partial charge in [-0.1, -0.05) is 19.8 Å². The average Bonchev–Trinajstić information content (AvgIpc) is 2.82. The lowest BCUT2D eigenvalue weighted by Gasteiger charge is -2.11. The maximum atomic E-state index is 12.9. The SMILES string of the molecule is CCCCCNC(=NCc1cn(C)nc1C(F)(F)F)NCC.I. The van der Waals surface area contributed by atoms with Gasteiger partial charge in [0.1, 0.15) is 0 Å². The molecular weight excluding hydrogens is 422 g/mol. The summed E-state index contributed by atoms with van der Waals surface area (Å²) < 4.78 is 39.8. The Hall–Kier alpha value is -1.00. The highest BCUT2D eigenvalue weighted by molar-refractivity contribution is 14.0. The van der Waals surface area contributed by atoms with Crippen LogP contribution in [0, 0.1) is 0 Å². The number of aliphatic imine (C=N–C) groups is 1. The smallest absolute Gasteiger partial charge is 0.357 e. The Morgan fingerprint density at radius 1 is 1.26 bits per heavy atom. The van der Waals surface area contributed by atoms with E-state index in [-0.39, 0.29) is 36.1 Å². The molecule has 5 nitrogen and oxygen atoms in total. The molecule has 1 rings (SSSR count). The molecule has 134 valence electrons. The molecule has 0 atom stereocenters. The van der Waals surface area contributed by atoms with Gasteiger partial charge in [-0.05, 0) is 13.3 Å². The highest BCUT2D eigenvalue weighted by atomic mass is 127. The van der Waals surface area contributed by atoms with Crippen LogP contribution in [0.2, 0.25) is 0 Å². The van der Waals surface area contributed by atoms with Crippen LogP contribution < -0.4 is 10.6 Å². The van der Waals surface area contributed by atoms with E-state index in [1.807, 2.05) is 6.92 Å². The van der Waals surface area contributed by atoms with Gasteiger partial charge in [0, 0.05) is 31.9 Å². The largest absolute Gasteiger partial charge is 0.435 e.